The highest BCUT2D eigenvalue weighted by atomic mass is 28.3. The third-order valence-corrected chi connectivity index (χ3v) is 7.39. The molecule has 0 radical (unpaired) electrons. The second-order valence-electron chi connectivity index (χ2n) is 6.71. The molecule has 0 atom stereocenters. The van der Waals surface area contributed by atoms with Crippen LogP contribution in [0.3, 0.4) is 0 Å². The predicted molar refractivity (Wildman–Crippen MR) is 85.9 cm³/mol. The van der Waals surface area contributed by atoms with Crippen molar-refractivity contribution < 1.29 is 13.3 Å². The second-order valence-corrected chi connectivity index (χ2v) is 8.29. The van der Waals surface area contributed by atoms with E-state index < -0.39 is 9.53 Å². The van der Waals surface area contributed by atoms with Gasteiger partial charge in [0.25, 0.3) is 0 Å². The van der Waals surface area contributed by atoms with Crippen molar-refractivity contribution in [2.24, 2.45) is 16.7 Å². The summed E-state index contributed by atoms with van der Waals surface area (Å²) in [5.41, 5.74) is 1.37. The molecule has 0 heterocycles. The molecule has 0 spiro atoms. The van der Waals surface area contributed by atoms with Crippen molar-refractivity contribution in [3.05, 3.63) is 0 Å². The summed E-state index contributed by atoms with van der Waals surface area (Å²) < 4.78 is 15.7. The molecule has 2 bridgehead atoms. The fraction of sp³-hybridized carbons (Fsp3) is 1.00. The third-order valence-electron chi connectivity index (χ3n) is 5.57. The zero-order chi connectivity index (χ0) is 15.2. The highest BCUT2D eigenvalue weighted by molar-refractivity contribution is 6.36. The van der Waals surface area contributed by atoms with Gasteiger partial charge >= 0.3 is 9.53 Å². The van der Waals surface area contributed by atoms with Crippen LogP contribution in [-0.2, 0) is 13.3 Å². The van der Waals surface area contributed by atoms with Crippen molar-refractivity contribution in [3.8, 4) is 0 Å². The molecule has 120 valence electrons. The first-order valence-electron chi connectivity index (χ1n) is 8.26. The smallest absolute Gasteiger partial charge is 0.376 e. The van der Waals surface area contributed by atoms with Gasteiger partial charge in [0.2, 0.25) is 0 Å². The van der Waals surface area contributed by atoms with Crippen molar-refractivity contribution >= 4 is 9.53 Å². The molecular weight excluding hydrogens is 268 g/mol. The minimum atomic E-state index is -1.73. The Bertz CT molecular complexity index is 256. The fourth-order valence-corrected chi connectivity index (χ4v) is 4.77. The van der Waals surface area contributed by atoms with E-state index >= 15 is 0 Å². The van der Waals surface area contributed by atoms with Gasteiger partial charge in [-0.05, 0) is 63.2 Å². The average Bonchev–Trinajstić information content (AvgIpc) is 2.75. The van der Waals surface area contributed by atoms with Gasteiger partial charge in [-0.3, -0.25) is 0 Å². The maximum Gasteiger partial charge on any atom is 0.484 e. The summed E-state index contributed by atoms with van der Waals surface area (Å²) in [6, 6.07) is 0. The van der Waals surface area contributed by atoms with E-state index in [2.05, 4.69) is 20.8 Å². The van der Waals surface area contributed by atoms with Crippen LogP contribution < -0.4 is 0 Å². The van der Waals surface area contributed by atoms with Gasteiger partial charge in [0.1, 0.15) is 0 Å². The Labute approximate surface area is 127 Å². The van der Waals surface area contributed by atoms with Gasteiger partial charge in [-0.25, -0.2) is 0 Å². The lowest BCUT2D eigenvalue weighted by Gasteiger charge is -2.34. The van der Waals surface area contributed by atoms with Gasteiger partial charge in [-0.15, -0.1) is 0 Å². The van der Waals surface area contributed by atoms with Crippen LogP contribution in [0.4, 0.5) is 0 Å². The summed E-state index contributed by atoms with van der Waals surface area (Å²) in [6.07, 6.45) is 5.99. The molecule has 2 saturated carbocycles. The van der Waals surface area contributed by atoms with E-state index in [1.165, 1.54) is 25.7 Å². The third kappa shape index (κ3) is 4.06. The first-order valence-corrected chi connectivity index (χ1v) is 9.67. The highest BCUT2D eigenvalue weighted by Crippen LogP contribution is 2.65. The largest absolute Gasteiger partial charge is 0.484 e. The van der Waals surface area contributed by atoms with E-state index in [1.54, 1.807) is 0 Å². The average molecular weight is 303 g/mol. The quantitative estimate of drug-likeness (QED) is 0.693. The lowest BCUT2D eigenvalue weighted by Crippen LogP contribution is -2.27. The lowest BCUT2D eigenvalue weighted by molar-refractivity contribution is 0.107. The van der Waals surface area contributed by atoms with E-state index in [-0.39, 0.29) is 0 Å². The molecule has 0 amide bonds. The topological polar surface area (TPSA) is 27.7 Å². The Kier molecular flexibility index (Phi) is 7.19. The fourth-order valence-electron chi connectivity index (χ4n) is 3.67. The molecule has 0 aromatic heterocycles. The summed E-state index contributed by atoms with van der Waals surface area (Å²) in [4.78, 5) is 0. The van der Waals surface area contributed by atoms with E-state index in [4.69, 9.17) is 13.3 Å². The minimum absolute atomic E-state index is 0.660. The monoisotopic (exact) mass is 302 g/mol. The van der Waals surface area contributed by atoms with Crippen molar-refractivity contribution in [1.29, 1.82) is 0 Å². The zero-order valence-electron chi connectivity index (χ0n) is 14.3. The molecule has 0 saturated heterocycles. The molecule has 0 aromatic rings. The molecule has 0 aromatic carbocycles. The number of fused-ring (bicyclic) bond motifs is 2. The Hall–Kier alpha value is 0.0969. The molecule has 3 nitrogen and oxygen atoms in total. The molecule has 0 N–H and O–H groups in total. The molecule has 2 aliphatic carbocycles. The molecular formula is C16H34O3Si. The number of rotatable bonds is 6. The van der Waals surface area contributed by atoms with Crippen LogP contribution in [0.1, 0.15) is 67.2 Å². The van der Waals surface area contributed by atoms with Crippen LogP contribution >= 0.6 is 0 Å². The Balaban J connectivity index is 0.000000200. The first kappa shape index (κ1) is 18.1. The number of hydrogen-bond acceptors (Lipinski definition) is 3. The van der Waals surface area contributed by atoms with Gasteiger partial charge in [0.15, 0.2) is 0 Å². The van der Waals surface area contributed by atoms with Crippen LogP contribution in [0, 0.1) is 16.7 Å². The van der Waals surface area contributed by atoms with Crippen LogP contribution in [0.25, 0.3) is 0 Å². The van der Waals surface area contributed by atoms with Crippen molar-refractivity contribution in [1.82, 2.24) is 0 Å². The number of hydrogen-bond donors (Lipinski definition) is 0. The first-order chi connectivity index (χ1) is 9.41. The Morgan fingerprint density at radius 2 is 1.25 bits per heavy atom. The van der Waals surface area contributed by atoms with Gasteiger partial charge < -0.3 is 13.3 Å². The van der Waals surface area contributed by atoms with Gasteiger partial charge in [0.05, 0.1) is 0 Å². The normalized spacial score (nSPS) is 30.4. The van der Waals surface area contributed by atoms with E-state index in [0.29, 0.717) is 30.7 Å². The summed E-state index contributed by atoms with van der Waals surface area (Å²) in [6.45, 7) is 15.3. The summed E-state index contributed by atoms with van der Waals surface area (Å²) in [5, 5.41) is 0. The van der Waals surface area contributed by atoms with Crippen LogP contribution in [0.2, 0.25) is 0 Å². The Morgan fingerprint density at radius 1 is 0.850 bits per heavy atom. The predicted octanol–water partition coefficient (Wildman–Crippen LogP) is 4.04. The molecule has 0 aliphatic heterocycles. The van der Waals surface area contributed by atoms with E-state index in [1.807, 2.05) is 20.8 Å². The van der Waals surface area contributed by atoms with Gasteiger partial charge in [0, 0.05) is 19.8 Å². The Morgan fingerprint density at radius 3 is 1.40 bits per heavy atom. The molecule has 2 aliphatic rings. The maximum atomic E-state index is 5.22. The van der Waals surface area contributed by atoms with Gasteiger partial charge in [-0.1, -0.05) is 20.8 Å². The van der Waals surface area contributed by atoms with Crippen LogP contribution in [0.5, 0.6) is 0 Å². The van der Waals surface area contributed by atoms with Crippen LogP contribution in [0.15, 0.2) is 0 Å². The molecule has 0 unspecified atom stereocenters. The summed E-state index contributed by atoms with van der Waals surface area (Å²) >= 11 is 0. The summed E-state index contributed by atoms with van der Waals surface area (Å²) in [7, 11) is -1.73. The molecule has 4 heteroatoms. The molecule has 20 heavy (non-hydrogen) atoms. The van der Waals surface area contributed by atoms with Crippen molar-refractivity contribution in [3.63, 3.8) is 0 Å². The maximum absolute atomic E-state index is 5.22. The van der Waals surface area contributed by atoms with Crippen molar-refractivity contribution in [2.45, 2.75) is 67.2 Å². The highest BCUT2D eigenvalue weighted by Gasteiger charge is 2.55. The van der Waals surface area contributed by atoms with E-state index in [9.17, 15) is 0 Å². The zero-order valence-corrected chi connectivity index (χ0v) is 15.5. The second kappa shape index (κ2) is 7.92. The summed E-state index contributed by atoms with van der Waals surface area (Å²) in [5.74, 6) is 1.05. The van der Waals surface area contributed by atoms with Gasteiger partial charge in [-0.2, -0.15) is 0 Å². The van der Waals surface area contributed by atoms with Crippen LogP contribution in [-0.4, -0.2) is 29.3 Å². The lowest BCUT2D eigenvalue weighted by atomic mass is 9.71. The minimum Gasteiger partial charge on any atom is -0.376 e. The van der Waals surface area contributed by atoms with Crippen molar-refractivity contribution in [2.75, 3.05) is 19.8 Å². The van der Waals surface area contributed by atoms with E-state index in [0.717, 1.165) is 5.92 Å². The standard InChI is InChI=1S/C10H18.C6H16O3Si/c1-9(2)8-4-6-10(9,3)7-5-8;1-4-7-10(8-5-2)9-6-3/h8H,4-7H2,1-3H3;10H,4-6H2,1-3H3. The molecule has 2 fully saturated rings. The SMILES string of the molecule is CC12CCC(CC1)C2(C)C.CCO[SiH](OCC)OCC. The molecule has 2 rings (SSSR count).